The second-order valence-electron chi connectivity index (χ2n) is 4.05. The smallest absolute Gasteiger partial charge is 0.197 e. The van der Waals surface area contributed by atoms with Crippen LogP contribution in [0.25, 0.3) is 22.0 Å². The van der Waals surface area contributed by atoms with E-state index in [0.717, 1.165) is 27.8 Å². The van der Waals surface area contributed by atoms with Crippen LogP contribution in [0.3, 0.4) is 0 Å². The summed E-state index contributed by atoms with van der Waals surface area (Å²) in [5, 5.41) is 2.27. The SMILES string of the molecule is COc1ccc2ccccc2c1-c1cnc(N)[nH]1. The predicted octanol–water partition coefficient (Wildman–Crippen LogP) is 2.82. The first-order valence-electron chi connectivity index (χ1n) is 5.66. The monoisotopic (exact) mass is 239 g/mol. The number of methoxy groups -OCH3 is 1. The van der Waals surface area contributed by atoms with E-state index >= 15 is 0 Å². The summed E-state index contributed by atoms with van der Waals surface area (Å²) in [5.74, 6) is 1.21. The fourth-order valence-corrected chi connectivity index (χ4v) is 2.16. The molecular formula is C14H13N3O. The van der Waals surface area contributed by atoms with E-state index in [-0.39, 0.29) is 0 Å². The van der Waals surface area contributed by atoms with Crippen molar-refractivity contribution in [2.45, 2.75) is 0 Å². The molecule has 0 saturated heterocycles. The number of hydrogen-bond acceptors (Lipinski definition) is 3. The highest BCUT2D eigenvalue weighted by Crippen LogP contribution is 2.36. The standard InChI is InChI=1S/C14H13N3O/c1-18-12-7-6-9-4-2-3-5-10(9)13(12)11-8-16-14(15)17-11/h2-8H,1H3,(H3,15,16,17). The average molecular weight is 239 g/mol. The normalized spacial score (nSPS) is 10.7. The van der Waals surface area contributed by atoms with Crippen molar-refractivity contribution in [2.75, 3.05) is 12.8 Å². The summed E-state index contributed by atoms with van der Waals surface area (Å²) in [6, 6.07) is 12.1. The molecule has 18 heavy (non-hydrogen) atoms. The van der Waals surface area contributed by atoms with Crippen LogP contribution >= 0.6 is 0 Å². The van der Waals surface area contributed by atoms with Gasteiger partial charge in [0.25, 0.3) is 0 Å². The number of rotatable bonds is 2. The Balaban J connectivity index is 2.37. The number of nitrogens with two attached hydrogens (primary N) is 1. The molecule has 0 fully saturated rings. The molecule has 1 aromatic heterocycles. The molecule has 0 aliphatic heterocycles. The molecule has 2 aromatic carbocycles. The van der Waals surface area contributed by atoms with Gasteiger partial charge in [-0.15, -0.1) is 0 Å². The Labute approximate surface area is 104 Å². The highest BCUT2D eigenvalue weighted by Gasteiger charge is 2.12. The number of benzene rings is 2. The van der Waals surface area contributed by atoms with Crippen LogP contribution in [0.1, 0.15) is 0 Å². The number of nitrogens with one attached hydrogen (secondary N) is 1. The average Bonchev–Trinajstić information content (AvgIpc) is 2.83. The van der Waals surface area contributed by atoms with Gasteiger partial charge in [-0.25, -0.2) is 4.98 Å². The Hall–Kier alpha value is -2.49. The molecule has 3 N–H and O–H groups in total. The molecule has 0 aliphatic carbocycles. The van der Waals surface area contributed by atoms with Crippen LogP contribution in [-0.4, -0.2) is 17.1 Å². The topological polar surface area (TPSA) is 63.9 Å². The number of hydrogen-bond donors (Lipinski definition) is 2. The first-order chi connectivity index (χ1) is 8.79. The Kier molecular flexibility index (Phi) is 2.41. The summed E-state index contributed by atoms with van der Waals surface area (Å²) in [5.41, 5.74) is 7.49. The van der Waals surface area contributed by atoms with Gasteiger partial charge in [-0.05, 0) is 16.8 Å². The molecule has 0 spiro atoms. The zero-order valence-corrected chi connectivity index (χ0v) is 9.97. The lowest BCUT2D eigenvalue weighted by molar-refractivity contribution is 0.417. The Morgan fingerprint density at radius 3 is 2.72 bits per heavy atom. The molecule has 3 rings (SSSR count). The molecule has 4 nitrogen and oxygen atoms in total. The van der Waals surface area contributed by atoms with Gasteiger partial charge in [0.05, 0.1) is 19.0 Å². The lowest BCUT2D eigenvalue weighted by atomic mass is 10.0. The van der Waals surface area contributed by atoms with Crippen LogP contribution in [-0.2, 0) is 0 Å². The Bertz CT molecular complexity index is 703. The van der Waals surface area contributed by atoms with E-state index < -0.39 is 0 Å². The summed E-state index contributed by atoms with van der Waals surface area (Å²) >= 11 is 0. The van der Waals surface area contributed by atoms with E-state index in [1.54, 1.807) is 13.3 Å². The molecule has 1 heterocycles. The van der Waals surface area contributed by atoms with Crippen LogP contribution in [0.5, 0.6) is 5.75 Å². The molecule has 90 valence electrons. The third-order valence-corrected chi connectivity index (χ3v) is 2.98. The molecular weight excluding hydrogens is 226 g/mol. The van der Waals surface area contributed by atoms with E-state index in [9.17, 15) is 0 Å². The molecule has 0 atom stereocenters. The first kappa shape index (κ1) is 10.7. The molecule has 0 saturated carbocycles. The van der Waals surface area contributed by atoms with Gasteiger partial charge in [-0.3, -0.25) is 0 Å². The number of ether oxygens (including phenoxy) is 1. The third kappa shape index (κ3) is 1.59. The largest absolute Gasteiger partial charge is 0.496 e. The van der Waals surface area contributed by atoms with Crippen molar-refractivity contribution in [3.63, 3.8) is 0 Å². The zero-order chi connectivity index (χ0) is 12.5. The number of nitrogens with zero attached hydrogens (tertiary/aromatic N) is 1. The summed E-state index contributed by atoms with van der Waals surface area (Å²) in [4.78, 5) is 7.09. The van der Waals surface area contributed by atoms with Crippen LogP contribution in [0.4, 0.5) is 5.95 Å². The molecule has 0 radical (unpaired) electrons. The minimum atomic E-state index is 0.403. The minimum absolute atomic E-state index is 0.403. The first-order valence-corrected chi connectivity index (χ1v) is 5.66. The van der Waals surface area contributed by atoms with Gasteiger partial charge in [0.2, 0.25) is 0 Å². The molecule has 0 amide bonds. The maximum absolute atomic E-state index is 5.64. The van der Waals surface area contributed by atoms with Crippen molar-refractivity contribution >= 4 is 16.7 Å². The van der Waals surface area contributed by atoms with Gasteiger partial charge in [0.1, 0.15) is 5.75 Å². The maximum atomic E-state index is 5.64. The van der Waals surface area contributed by atoms with Crippen LogP contribution < -0.4 is 10.5 Å². The molecule has 0 aliphatic rings. The van der Waals surface area contributed by atoms with E-state index in [4.69, 9.17) is 10.5 Å². The van der Waals surface area contributed by atoms with Crippen molar-refractivity contribution in [2.24, 2.45) is 0 Å². The van der Waals surface area contributed by atoms with Gasteiger partial charge < -0.3 is 15.5 Å². The molecule has 4 heteroatoms. The van der Waals surface area contributed by atoms with Crippen molar-refractivity contribution < 1.29 is 4.74 Å². The summed E-state index contributed by atoms with van der Waals surface area (Å²) < 4.78 is 5.43. The summed E-state index contributed by atoms with van der Waals surface area (Å²) in [7, 11) is 1.66. The number of H-pyrrole nitrogens is 1. The van der Waals surface area contributed by atoms with Crippen molar-refractivity contribution in [3.05, 3.63) is 42.6 Å². The Morgan fingerprint density at radius 2 is 2.00 bits per heavy atom. The zero-order valence-electron chi connectivity index (χ0n) is 9.97. The third-order valence-electron chi connectivity index (χ3n) is 2.98. The molecule has 0 bridgehead atoms. The van der Waals surface area contributed by atoms with Crippen molar-refractivity contribution in [3.8, 4) is 17.0 Å². The molecule has 3 aromatic rings. The number of imidazole rings is 1. The van der Waals surface area contributed by atoms with E-state index in [1.807, 2.05) is 24.3 Å². The second kappa shape index (κ2) is 4.07. The van der Waals surface area contributed by atoms with E-state index in [0.29, 0.717) is 5.95 Å². The number of fused-ring (bicyclic) bond motifs is 1. The Morgan fingerprint density at radius 1 is 1.17 bits per heavy atom. The number of nitrogen functional groups attached to an aromatic ring is 1. The number of aromatic nitrogens is 2. The van der Waals surface area contributed by atoms with Gasteiger partial charge in [0.15, 0.2) is 5.95 Å². The summed E-state index contributed by atoms with van der Waals surface area (Å²) in [6.45, 7) is 0. The molecule has 0 unspecified atom stereocenters. The minimum Gasteiger partial charge on any atom is -0.496 e. The van der Waals surface area contributed by atoms with Crippen molar-refractivity contribution in [1.82, 2.24) is 9.97 Å². The highest BCUT2D eigenvalue weighted by atomic mass is 16.5. The maximum Gasteiger partial charge on any atom is 0.197 e. The lowest BCUT2D eigenvalue weighted by Gasteiger charge is -2.10. The number of aromatic amines is 1. The predicted molar refractivity (Wildman–Crippen MR) is 72.5 cm³/mol. The second-order valence-corrected chi connectivity index (χ2v) is 4.05. The summed E-state index contributed by atoms with van der Waals surface area (Å²) in [6.07, 6.45) is 1.72. The van der Waals surface area contributed by atoms with Gasteiger partial charge in [-0.2, -0.15) is 0 Å². The van der Waals surface area contributed by atoms with Crippen LogP contribution in [0, 0.1) is 0 Å². The lowest BCUT2D eigenvalue weighted by Crippen LogP contribution is -1.90. The van der Waals surface area contributed by atoms with Crippen LogP contribution in [0.2, 0.25) is 0 Å². The van der Waals surface area contributed by atoms with E-state index in [2.05, 4.69) is 22.1 Å². The quantitative estimate of drug-likeness (QED) is 0.722. The highest BCUT2D eigenvalue weighted by molar-refractivity contribution is 5.98. The van der Waals surface area contributed by atoms with Crippen molar-refractivity contribution in [1.29, 1.82) is 0 Å². The fourth-order valence-electron chi connectivity index (χ4n) is 2.16. The van der Waals surface area contributed by atoms with E-state index in [1.165, 1.54) is 0 Å². The fraction of sp³-hybridized carbons (Fsp3) is 0.0714. The van der Waals surface area contributed by atoms with Gasteiger partial charge in [-0.1, -0.05) is 30.3 Å². The number of anilines is 1. The van der Waals surface area contributed by atoms with Crippen LogP contribution in [0.15, 0.2) is 42.6 Å². The van der Waals surface area contributed by atoms with Gasteiger partial charge in [0, 0.05) is 5.56 Å². The van der Waals surface area contributed by atoms with Gasteiger partial charge >= 0.3 is 0 Å².